The van der Waals surface area contributed by atoms with Gasteiger partial charge in [0, 0.05) is 5.38 Å². The monoisotopic (exact) mass is 398 g/mol. The highest BCUT2D eigenvalue weighted by Crippen LogP contribution is 2.28. The van der Waals surface area contributed by atoms with Gasteiger partial charge in [-0.1, -0.05) is 12.1 Å². The summed E-state index contributed by atoms with van der Waals surface area (Å²) in [7, 11) is 1.56. The lowest BCUT2D eigenvalue weighted by Crippen LogP contribution is -2.00. The number of anilines is 2. The second-order valence-corrected chi connectivity index (χ2v) is 6.51. The molecule has 9 heteroatoms. The first kappa shape index (κ1) is 19.2. The molecule has 0 aliphatic heterocycles. The molecule has 8 nitrogen and oxygen atoms in total. The fraction of sp³-hybridized carbons (Fsp3) is 0.105. The van der Waals surface area contributed by atoms with Gasteiger partial charge in [0.25, 0.3) is 0 Å². The van der Waals surface area contributed by atoms with Gasteiger partial charge in [-0.15, -0.1) is 11.3 Å². The van der Waals surface area contributed by atoms with E-state index in [0.29, 0.717) is 22.4 Å². The lowest BCUT2D eigenvalue weighted by atomic mass is 10.1. The summed E-state index contributed by atoms with van der Waals surface area (Å²) in [4.78, 5) is 14.9. The molecule has 1 aromatic heterocycles. The van der Waals surface area contributed by atoms with Crippen molar-refractivity contribution < 1.29 is 19.4 Å². The van der Waals surface area contributed by atoms with E-state index in [4.69, 9.17) is 20.3 Å². The summed E-state index contributed by atoms with van der Waals surface area (Å²) in [5, 5.41) is 15.4. The molecule has 0 unspecified atom stereocenters. The van der Waals surface area contributed by atoms with Crippen molar-refractivity contribution in [1.29, 1.82) is 0 Å². The molecule has 0 aliphatic rings. The van der Waals surface area contributed by atoms with Crippen molar-refractivity contribution in [1.82, 2.24) is 4.98 Å². The Morgan fingerprint density at radius 2 is 2.07 bits per heavy atom. The Balaban J connectivity index is 1.63. The highest BCUT2D eigenvalue weighted by atomic mass is 32.1. The standard InChI is InChI=1S/C19H18N4O4S/c1-26-16-8-13(9-21-23-19-22-17(20)11-28-19)4-7-15(16)27-10-12-2-5-14(6-3-12)18(24)25/h2-9,11H,10,20H2,1H3,(H,22,23)(H,24,25). The molecule has 0 bridgehead atoms. The number of aromatic nitrogens is 1. The summed E-state index contributed by atoms with van der Waals surface area (Å²) in [5.41, 5.74) is 10.3. The molecule has 0 saturated heterocycles. The fourth-order valence-corrected chi connectivity index (χ4v) is 2.84. The Labute approximate surface area is 165 Å². The zero-order valence-electron chi connectivity index (χ0n) is 15.0. The minimum absolute atomic E-state index is 0.235. The molecule has 0 radical (unpaired) electrons. The second kappa shape index (κ2) is 8.87. The summed E-state index contributed by atoms with van der Waals surface area (Å²) >= 11 is 1.36. The molecule has 0 atom stereocenters. The van der Waals surface area contributed by atoms with Crippen LogP contribution in [0.1, 0.15) is 21.5 Å². The van der Waals surface area contributed by atoms with Crippen LogP contribution in [0.3, 0.4) is 0 Å². The number of hydrazone groups is 1. The van der Waals surface area contributed by atoms with E-state index in [-0.39, 0.29) is 12.2 Å². The SMILES string of the molecule is COc1cc(C=NNc2nc(N)cs2)ccc1OCc1ccc(C(=O)O)cc1. The first-order valence-corrected chi connectivity index (χ1v) is 9.06. The molecule has 1 heterocycles. The van der Waals surface area contributed by atoms with E-state index in [0.717, 1.165) is 11.1 Å². The van der Waals surface area contributed by atoms with Crippen molar-refractivity contribution in [3.63, 3.8) is 0 Å². The molecule has 2 aromatic carbocycles. The molecular formula is C19H18N4O4S. The zero-order valence-corrected chi connectivity index (χ0v) is 15.8. The number of ether oxygens (including phenoxy) is 2. The van der Waals surface area contributed by atoms with E-state index in [2.05, 4.69) is 15.5 Å². The maximum absolute atomic E-state index is 10.9. The van der Waals surface area contributed by atoms with Crippen LogP contribution in [0.25, 0.3) is 0 Å². The lowest BCUT2D eigenvalue weighted by molar-refractivity contribution is 0.0697. The van der Waals surface area contributed by atoms with Crippen LogP contribution in [-0.2, 0) is 6.61 Å². The number of nitrogen functional groups attached to an aromatic ring is 1. The Bertz CT molecular complexity index is 986. The third-order valence-electron chi connectivity index (χ3n) is 3.68. The highest BCUT2D eigenvalue weighted by molar-refractivity contribution is 7.14. The maximum Gasteiger partial charge on any atom is 0.335 e. The van der Waals surface area contributed by atoms with Gasteiger partial charge < -0.3 is 20.3 Å². The Morgan fingerprint density at radius 3 is 2.71 bits per heavy atom. The molecule has 0 saturated carbocycles. The van der Waals surface area contributed by atoms with E-state index in [1.54, 1.807) is 55.1 Å². The third-order valence-corrected chi connectivity index (χ3v) is 4.44. The van der Waals surface area contributed by atoms with Gasteiger partial charge in [0.2, 0.25) is 5.13 Å². The van der Waals surface area contributed by atoms with Crippen LogP contribution in [0.15, 0.2) is 52.9 Å². The van der Waals surface area contributed by atoms with Crippen LogP contribution in [0.2, 0.25) is 0 Å². The normalized spacial score (nSPS) is 10.8. The van der Waals surface area contributed by atoms with Crippen LogP contribution >= 0.6 is 11.3 Å². The van der Waals surface area contributed by atoms with Gasteiger partial charge in [-0.05, 0) is 41.5 Å². The van der Waals surface area contributed by atoms with E-state index in [1.807, 2.05) is 6.07 Å². The lowest BCUT2D eigenvalue weighted by Gasteiger charge is -2.11. The van der Waals surface area contributed by atoms with Crippen LogP contribution in [0.4, 0.5) is 10.9 Å². The van der Waals surface area contributed by atoms with E-state index in [1.165, 1.54) is 11.3 Å². The summed E-state index contributed by atoms with van der Waals surface area (Å²) in [6.07, 6.45) is 1.63. The van der Waals surface area contributed by atoms with E-state index < -0.39 is 5.97 Å². The molecule has 3 aromatic rings. The number of thiazole rings is 1. The van der Waals surface area contributed by atoms with Gasteiger partial charge >= 0.3 is 5.97 Å². The van der Waals surface area contributed by atoms with Crippen LogP contribution in [-0.4, -0.2) is 29.4 Å². The highest BCUT2D eigenvalue weighted by Gasteiger charge is 2.07. The number of hydrogen-bond acceptors (Lipinski definition) is 8. The number of methoxy groups -OCH3 is 1. The summed E-state index contributed by atoms with van der Waals surface area (Å²) < 4.78 is 11.2. The number of carbonyl (C=O) groups is 1. The number of nitrogens with zero attached hydrogens (tertiary/aromatic N) is 2. The summed E-state index contributed by atoms with van der Waals surface area (Å²) in [6.45, 7) is 0.288. The summed E-state index contributed by atoms with van der Waals surface area (Å²) in [6, 6.07) is 11.9. The number of nitrogens with one attached hydrogen (secondary N) is 1. The fourth-order valence-electron chi connectivity index (χ4n) is 2.29. The quantitative estimate of drug-likeness (QED) is 0.393. The minimum atomic E-state index is -0.959. The number of nitrogens with two attached hydrogens (primary N) is 1. The van der Waals surface area contributed by atoms with Crippen molar-refractivity contribution in [3.8, 4) is 11.5 Å². The Kier molecular flexibility index (Phi) is 6.07. The predicted octanol–water partition coefficient (Wildman–Crippen LogP) is 3.46. The molecule has 4 N–H and O–H groups in total. The number of benzene rings is 2. The molecular weight excluding hydrogens is 380 g/mol. The van der Waals surface area contributed by atoms with Crippen LogP contribution in [0, 0.1) is 0 Å². The average Bonchev–Trinajstić information content (AvgIpc) is 3.12. The number of aromatic carboxylic acids is 1. The van der Waals surface area contributed by atoms with Crippen molar-refractivity contribution in [2.45, 2.75) is 6.61 Å². The number of rotatable bonds is 8. The van der Waals surface area contributed by atoms with Gasteiger partial charge in [-0.25, -0.2) is 9.78 Å². The molecule has 144 valence electrons. The Hall–Kier alpha value is -3.59. The van der Waals surface area contributed by atoms with Crippen molar-refractivity contribution in [2.24, 2.45) is 5.10 Å². The predicted molar refractivity (Wildman–Crippen MR) is 108 cm³/mol. The van der Waals surface area contributed by atoms with Crippen molar-refractivity contribution in [3.05, 3.63) is 64.5 Å². The topological polar surface area (TPSA) is 119 Å². The summed E-state index contributed by atoms with van der Waals surface area (Å²) in [5.74, 6) is 0.620. The first-order valence-electron chi connectivity index (χ1n) is 8.18. The van der Waals surface area contributed by atoms with Crippen LogP contribution < -0.4 is 20.6 Å². The van der Waals surface area contributed by atoms with Crippen molar-refractivity contribution in [2.75, 3.05) is 18.3 Å². The van der Waals surface area contributed by atoms with Crippen molar-refractivity contribution >= 4 is 34.5 Å². The maximum atomic E-state index is 10.9. The molecule has 28 heavy (non-hydrogen) atoms. The second-order valence-electron chi connectivity index (χ2n) is 5.65. The largest absolute Gasteiger partial charge is 0.493 e. The molecule has 0 amide bonds. The number of carboxylic acids is 1. The Morgan fingerprint density at radius 1 is 1.29 bits per heavy atom. The van der Waals surface area contributed by atoms with E-state index in [9.17, 15) is 4.79 Å². The van der Waals surface area contributed by atoms with Gasteiger partial charge in [0.05, 0.1) is 18.9 Å². The zero-order chi connectivity index (χ0) is 19.9. The van der Waals surface area contributed by atoms with Gasteiger partial charge in [-0.2, -0.15) is 5.10 Å². The third kappa shape index (κ3) is 4.98. The van der Waals surface area contributed by atoms with E-state index >= 15 is 0 Å². The first-order chi connectivity index (χ1) is 13.5. The number of hydrogen-bond donors (Lipinski definition) is 3. The van der Waals surface area contributed by atoms with Gasteiger partial charge in [0.15, 0.2) is 11.5 Å². The average molecular weight is 398 g/mol. The molecule has 0 aliphatic carbocycles. The minimum Gasteiger partial charge on any atom is -0.493 e. The van der Waals surface area contributed by atoms with Gasteiger partial charge in [0.1, 0.15) is 12.4 Å². The smallest absolute Gasteiger partial charge is 0.335 e. The molecule has 0 spiro atoms. The molecule has 3 rings (SSSR count). The van der Waals surface area contributed by atoms with Gasteiger partial charge in [-0.3, -0.25) is 5.43 Å². The van der Waals surface area contributed by atoms with Crippen LogP contribution in [0.5, 0.6) is 11.5 Å². The molecule has 0 fully saturated rings. The number of carboxylic acid groups (broad SMARTS) is 1.